The summed E-state index contributed by atoms with van der Waals surface area (Å²) in [6.07, 6.45) is 1.68. The van der Waals surface area contributed by atoms with E-state index in [9.17, 15) is 12.8 Å². The minimum absolute atomic E-state index is 0.00683. The Bertz CT molecular complexity index is 517. The van der Waals surface area contributed by atoms with Crippen molar-refractivity contribution in [1.82, 2.24) is 4.31 Å². The zero-order valence-electron chi connectivity index (χ0n) is 11.3. The van der Waals surface area contributed by atoms with Gasteiger partial charge in [0.05, 0.1) is 11.5 Å². The Morgan fingerprint density at radius 2 is 2.00 bits per heavy atom. The van der Waals surface area contributed by atoms with Crippen LogP contribution in [0.5, 0.6) is 0 Å². The molecular weight excluding hydrogens is 269 g/mol. The molecule has 0 bridgehead atoms. The second-order valence-corrected chi connectivity index (χ2v) is 6.20. The highest BCUT2D eigenvalue weighted by Gasteiger charge is 2.23. The van der Waals surface area contributed by atoms with Crippen molar-refractivity contribution in [2.75, 3.05) is 13.1 Å². The summed E-state index contributed by atoms with van der Waals surface area (Å²) in [7, 11) is -3.62. The van der Waals surface area contributed by atoms with Gasteiger partial charge in [-0.25, -0.2) is 12.8 Å². The monoisotopic (exact) mass is 289 g/mol. The second-order valence-electron chi connectivity index (χ2n) is 4.26. The summed E-state index contributed by atoms with van der Waals surface area (Å²) in [5, 5.41) is 9.00. The van der Waals surface area contributed by atoms with Gasteiger partial charge in [0.15, 0.2) is 0 Å². The molecule has 6 heteroatoms. The predicted octanol–water partition coefficient (Wildman–Crippen LogP) is 2.13. The van der Waals surface area contributed by atoms with Crippen LogP contribution >= 0.6 is 0 Å². The Morgan fingerprint density at radius 3 is 2.53 bits per heavy atom. The number of sulfonamides is 1. The van der Waals surface area contributed by atoms with E-state index in [1.807, 2.05) is 6.92 Å². The van der Waals surface area contributed by atoms with Gasteiger partial charge < -0.3 is 5.11 Å². The minimum atomic E-state index is -3.62. The van der Waals surface area contributed by atoms with Crippen molar-refractivity contribution in [2.24, 2.45) is 0 Å². The maximum atomic E-state index is 13.3. The van der Waals surface area contributed by atoms with E-state index in [1.54, 1.807) is 6.92 Å². The van der Waals surface area contributed by atoms with Crippen LogP contribution in [0, 0.1) is 5.82 Å². The van der Waals surface area contributed by atoms with Gasteiger partial charge in [0.2, 0.25) is 10.0 Å². The van der Waals surface area contributed by atoms with Crippen LogP contribution in [0.1, 0.15) is 32.3 Å². The van der Waals surface area contributed by atoms with Gasteiger partial charge in [-0.05, 0) is 24.6 Å². The molecule has 0 spiro atoms. The first kappa shape index (κ1) is 16.1. The number of unbranched alkanes of at least 4 members (excludes halogenated alkanes) is 1. The van der Waals surface area contributed by atoms with Crippen molar-refractivity contribution in [3.05, 3.63) is 29.6 Å². The Balaban J connectivity index is 3.11. The smallest absolute Gasteiger partial charge is 0.243 e. The van der Waals surface area contributed by atoms with Crippen molar-refractivity contribution < 1.29 is 17.9 Å². The Kier molecular flexibility index (Phi) is 5.90. The van der Waals surface area contributed by atoms with Gasteiger partial charge in [0.25, 0.3) is 0 Å². The molecule has 0 aliphatic rings. The third-order valence-electron chi connectivity index (χ3n) is 2.94. The molecule has 0 heterocycles. The van der Waals surface area contributed by atoms with E-state index in [1.165, 1.54) is 16.4 Å². The normalized spacial score (nSPS) is 12.1. The van der Waals surface area contributed by atoms with Crippen LogP contribution in [0.25, 0.3) is 0 Å². The van der Waals surface area contributed by atoms with E-state index in [0.717, 1.165) is 18.9 Å². The number of aliphatic hydroxyl groups is 1. The number of hydrogen-bond acceptors (Lipinski definition) is 3. The fourth-order valence-electron chi connectivity index (χ4n) is 1.76. The maximum absolute atomic E-state index is 13.3. The van der Waals surface area contributed by atoms with Crippen LogP contribution < -0.4 is 0 Å². The van der Waals surface area contributed by atoms with Crippen molar-refractivity contribution in [1.29, 1.82) is 0 Å². The number of halogens is 1. The van der Waals surface area contributed by atoms with Crippen LogP contribution in [-0.2, 0) is 16.6 Å². The highest BCUT2D eigenvalue weighted by molar-refractivity contribution is 7.89. The fourth-order valence-corrected chi connectivity index (χ4v) is 3.30. The largest absolute Gasteiger partial charge is 0.392 e. The zero-order valence-corrected chi connectivity index (χ0v) is 12.1. The number of nitrogens with zero attached hydrogens (tertiary/aromatic N) is 1. The molecule has 108 valence electrons. The standard InChI is InChI=1S/C13H20FNO3S/c1-3-5-8-15(4-2)19(17,18)12-6-7-13(14)11(9-12)10-16/h6-7,9,16H,3-5,8,10H2,1-2H3. The zero-order chi connectivity index (χ0) is 14.5. The molecule has 0 aliphatic carbocycles. The van der Waals surface area contributed by atoms with Crippen LogP contribution in [0.4, 0.5) is 4.39 Å². The van der Waals surface area contributed by atoms with Gasteiger partial charge in [-0.15, -0.1) is 0 Å². The Hall–Kier alpha value is -0.980. The third kappa shape index (κ3) is 3.75. The first-order valence-corrected chi connectivity index (χ1v) is 7.80. The van der Waals surface area contributed by atoms with E-state index >= 15 is 0 Å². The lowest BCUT2D eigenvalue weighted by Gasteiger charge is -2.20. The van der Waals surface area contributed by atoms with Gasteiger partial charge in [0, 0.05) is 18.7 Å². The summed E-state index contributed by atoms with van der Waals surface area (Å²) >= 11 is 0. The summed E-state index contributed by atoms with van der Waals surface area (Å²) in [5.74, 6) is -0.599. The van der Waals surface area contributed by atoms with Gasteiger partial charge in [-0.1, -0.05) is 20.3 Å². The molecule has 1 aromatic rings. The summed E-state index contributed by atoms with van der Waals surface area (Å²) in [6, 6.07) is 3.50. The molecule has 1 aromatic carbocycles. The van der Waals surface area contributed by atoms with Crippen molar-refractivity contribution in [3.63, 3.8) is 0 Å². The summed E-state index contributed by atoms with van der Waals surface area (Å²) < 4.78 is 39.4. The highest BCUT2D eigenvalue weighted by atomic mass is 32.2. The number of hydrogen-bond donors (Lipinski definition) is 1. The predicted molar refractivity (Wildman–Crippen MR) is 71.7 cm³/mol. The molecule has 0 unspecified atom stereocenters. The van der Waals surface area contributed by atoms with E-state index in [4.69, 9.17) is 5.11 Å². The SMILES string of the molecule is CCCCN(CC)S(=O)(=O)c1ccc(F)c(CO)c1. The Morgan fingerprint density at radius 1 is 1.32 bits per heavy atom. The first-order valence-electron chi connectivity index (χ1n) is 6.36. The van der Waals surface area contributed by atoms with Crippen molar-refractivity contribution in [3.8, 4) is 0 Å². The molecule has 1 rings (SSSR count). The van der Waals surface area contributed by atoms with Crippen LogP contribution in [0.3, 0.4) is 0 Å². The molecular formula is C13H20FNO3S. The molecule has 19 heavy (non-hydrogen) atoms. The molecule has 0 aromatic heterocycles. The second kappa shape index (κ2) is 6.98. The van der Waals surface area contributed by atoms with Crippen LogP contribution in [0.2, 0.25) is 0 Å². The molecule has 0 saturated heterocycles. The number of benzene rings is 1. The first-order chi connectivity index (χ1) is 8.97. The van der Waals surface area contributed by atoms with Gasteiger partial charge >= 0.3 is 0 Å². The fraction of sp³-hybridized carbons (Fsp3) is 0.538. The van der Waals surface area contributed by atoms with Gasteiger partial charge in [-0.2, -0.15) is 4.31 Å². The Labute approximate surface area is 113 Å². The average Bonchev–Trinajstić information content (AvgIpc) is 2.39. The lowest BCUT2D eigenvalue weighted by molar-refractivity contribution is 0.275. The summed E-state index contributed by atoms with van der Waals surface area (Å²) in [5.41, 5.74) is -0.00683. The average molecular weight is 289 g/mol. The third-order valence-corrected chi connectivity index (χ3v) is 4.91. The molecule has 0 amide bonds. The molecule has 0 radical (unpaired) electrons. The van der Waals surface area contributed by atoms with Crippen LogP contribution in [-0.4, -0.2) is 30.9 Å². The number of rotatable bonds is 7. The lowest BCUT2D eigenvalue weighted by atomic mass is 10.2. The van der Waals surface area contributed by atoms with Gasteiger partial charge in [0.1, 0.15) is 5.82 Å². The topological polar surface area (TPSA) is 57.6 Å². The van der Waals surface area contributed by atoms with E-state index in [-0.39, 0.29) is 10.5 Å². The lowest BCUT2D eigenvalue weighted by Crippen LogP contribution is -2.32. The molecule has 0 atom stereocenters. The summed E-state index contributed by atoms with van der Waals surface area (Å²) in [4.78, 5) is 0.0240. The van der Waals surface area contributed by atoms with Crippen molar-refractivity contribution >= 4 is 10.0 Å². The highest BCUT2D eigenvalue weighted by Crippen LogP contribution is 2.19. The van der Waals surface area contributed by atoms with Crippen molar-refractivity contribution in [2.45, 2.75) is 38.2 Å². The van der Waals surface area contributed by atoms with Gasteiger partial charge in [-0.3, -0.25) is 0 Å². The van der Waals surface area contributed by atoms with E-state index in [0.29, 0.717) is 13.1 Å². The quantitative estimate of drug-likeness (QED) is 0.836. The van der Waals surface area contributed by atoms with E-state index < -0.39 is 22.4 Å². The van der Waals surface area contributed by atoms with Crippen LogP contribution in [0.15, 0.2) is 23.1 Å². The van der Waals surface area contributed by atoms with E-state index in [2.05, 4.69) is 0 Å². The molecule has 0 saturated carbocycles. The molecule has 0 aliphatic heterocycles. The molecule has 0 fully saturated rings. The maximum Gasteiger partial charge on any atom is 0.243 e. The number of aliphatic hydroxyl groups excluding tert-OH is 1. The summed E-state index contributed by atoms with van der Waals surface area (Å²) in [6.45, 7) is 4.05. The molecule has 4 nitrogen and oxygen atoms in total. The minimum Gasteiger partial charge on any atom is -0.392 e. The molecule has 1 N–H and O–H groups in total.